The van der Waals surface area contributed by atoms with Crippen LogP contribution in [0.15, 0.2) is 42.6 Å². The molecule has 0 unspecified atom stereocenters. The van der Waals surface area contributed by atoms with Crippen molar-refractivity contribution in [3.8, 4) is 0 Å². The van der Waals surface area contributed by atoms with Crippen molar-refractivity contribution < 1.29 is 4.79 Å². The lowest BCUT2D eigenvalue weighted by Crippen LogP contribution is -2.40. The Labute approximate surface area is 71.1 Å². The van der Waals surface area contributed by atoms with Crippen molar-refractivity contribution >= 4 is 11.6 Å². The van der Waals surface area contributed by atoms with Gasteiger partial charge in [-0.2, -0.15) is 0 Å². The molecule has 0 saturated carbocycles. The van der Waals surface area contributed by atoms with Crippen molar-refractivity contribution in [3.05, 3.63) is 42.6 Å². The van der Waals surface area contributed by atoms with Crippen molar-refractivity contribution in [1.29, 1.82) is 0 Å². The average Bonchev–Trinajstić information content (AvgIpc) is 2.05. The first-order chi connectivity index (χ1) is 5.79. The Morgan fingerprint density at radius 1 is 1.25 bits per heavy atom. The van der Waals surface area contributed by atoms with E-state index in [0.717, 1.165) is 11.4 Å². The molecule has 1 amide bonds. The van der Waals surface area contributed by atoms with E-state index in [-0.39, 0.29) is 5.91 Å². The summed E-state index contributed by atoms with van der Waals surface area (Å²) in [7, 11) is 0. The van der Waals surface area contributed by atoms with E-state index >= 15 is 0 Å². The van der Waals surface area contributed by atoms with Crippen LogP contribution in [0.25, 0.3) is 0 Å². The third-order valence-electron chi connectivity index (χ3n) is 1.94. The molecular weight excluding hydrogens is 150 g/mol. The minimum atomic E-state index is 0.131. The number of para-hydroxylation sites is 1. The molecule has 0 N–H and O–H groups in total. The number of rotatable bonds is 1. The summed E-state index contributed by atoms with van der Waals surface area (Å²) in [5.41, 5.74) is 1.80. The number of carbonyl (C=O) groups is 1. The second-order valence-electron chi connectivity index (χ2n) is 2.81. The quantitative estimate of drug-likeness (QED) is 0.573. The van der Waals surface area contributed by atoms with Gasteiger partial charge in [0.05, 0.1) is 6.42 Å². The van der Waals surface area contributed by atoms with E-state index in [1.807, 2.05) is 30.3 Å². The Morgan fingerprint density at radius 3 is 2.42 bits per heavy atom. The molecular formula is C10H9NO. The van der Waals surface area contributed by atoms with Gasteiger partial charge < -0.3 is 0 Å². The van der Waals surface area contributed by atoms with Gasteiger partial charge >= 0.3 is 0 Å². The highest BCUT2D eigenvalue weighted by atomic mass is 16.2. The molecule has 1 saturated heterocycles. The van der Waals surface area contributed by atoms with E-state index in [0.29, 0.717) is 6.42 Å². The fraction of sp³-hybridized carbons (Fsp3) is 0.100. The van der Waals surface area contributed by atoms with Crippen molar-refractivity contribution in [3.63, 3.8) is 0 Å². The molecule has 60 valence electrons. The lowest BCUT2D eigenvalue weighted by atomic mass is 10.1. The topological polar surface area (TPSA) is 20.3 Å². The molecule has 2 heteroatoms. The van der Waals surface area contributed by atoms with Gasteiger partial charge in [0.1, 0.15) is 0 Å². The van der Waals surface area contributed by atoms with Crippen LogP contribution in [0, 0.1) is 0 Å². The second kappa shape index (κ2) is 2.48. The lowest BCUT2D eigenvalue weighted by molar-refractivity contribution is -0.120. The fourth-order valence-electron chi connectivity index (χ4n) is 1.32. The molecule has 12 heavy (non-hydrogen) atoms. The largest absolute Gasteiger partial charge is 0.285 e. The van der Waals surface area contributed by atoms with Gasteiger partial charge in [-0.3, -0.25) is 9.69 Å². The summed E-state index contributed by atoms with van der Waals surface area (Å²) >= 11 is 0. The van der Waals surface area contributed by atoms with Gasteiger partial charge in [-0.25, -0.2) is 0 Å². The zero-order chi connectivity index (χ0) is 8.55. The maximum absolute atomic E-state index is 11.1. The molecule has 1 aromatic carbocycles. The van der Waals surface area contributed by atoms with Gasteiger partial charge in [0.15, 0.2) is 0 Å². The second-order valence-corrected chi connectivity index (χ2v) is 2.81. The van der Waals surface area contributed by atoms with Gasteiger partial charge in [0.25, 0.3) is 0 Å². The van der Waals surface area contributed by atoms with Crippen LogP contribution in [0.5, 0.6) is 0 Å². The number of anilines is 1. The maximum atomic E-state index is 11.1. The first-order valence-electron chi connectivity index (χ1n) is 3.85. The summed E-state index contributed by atoms with van der Waals surface area (Å²) in [5.74, 6) is 0.131. The summed E-state index contributed by atoms with van der Waals surface area (Å²) < 4.78 is 0. The Balaban J connectivity index is 2.32. The summed E-state index contributed by atoms with van der Waals surface area (Å²) in [6.07, 6.45) is 0.495. The standard InChI is InChI=1S/C10H9NO/c1-8-7-10(12)11(8)9-5-3-2-4-6-9/h2-6H,1,7H2. The highest BCUT2D eigenvalue weighted by Gasteiger charge is 2.29. The number of β-lactam (4-membered cyclic amide) rings is 1. The summed E-state index contributed by atoms with van der Waals surface area (Å²) in [4.78, 5) is 12.7. The van der Waals surface area contributed by atoms with Crippen molar-refractivity contribution in [1.82, 2.24) is 0 Å². The van der Waals surface area contributed by atoms with Crippen LogP contribution in [0.1, 0.15) is 6.42 Å². The summed E-state index contributed by atoms with van der Waals surface area (Å²) in [6.45, 7) is 3.77. The molecule has 2 nitrogen and oxygen atoms in total. The van der Waals surface area contributed by atoms with Crippen molar-refractivity contribution in [2.75, 3.05) is 4.90 Å². The van der Waals surface area contributed by atoms with Crippen LogP contribution in [0.4, 0.5) is 5.69 Å². The van der Waals surface area contributed by atoms with Gasteiger partial charge in [-0.1, -0.05) is 24.8 Å². The monoisotopic (exact) mass is 159 g/mol. The van der Waals surface area contributed by atoms with Gasteiger partial charge in [0, 0.05) is 11.4 Å². The normalized spacial score (nSPS) is 16.2. The lowest BCUT2D eigenvalue weighted by Gasteiger charge is -2.32. The molecule has 1 heterocycles. The van der Waals surface area contributed by atoms with E-state index in [1.54, 1.807) is 4.90 Å². The Bertz CT molecular complexity index is 315. The molecule has 1 aliphatic heterocycles. The van der Waals surface area contributed by atoms with Crippen LogP contribution in [0.2, 0.25) is 0 Å². The highest BCUT2D eigenvalue weighted by molar-refractivity contribution is 6.05. The van der Waals surface area contributed by atoms with E-state index in [9.17, 15) is 4.79 Å². The van der Waals surface area contributed by atoms with Crippen LogP contribution in [-0.4, -0.2) is 5.91 Å². The molecule has 0 radical (unpaired) electrons. The van der Waals surface area contributed by atoms with E-state index in [1.165, 1.54) is 0 Å². The molecule has 1 aromatic rings. The Hall–Kier alpha value is -1.57. The van der Waals surface area contributed by atoms with Gasteiger partial charge in [-0.15, -0.1) is 0 Å². The predicted molar refractivity (Wildman–Crippen MR) is 47.7 cm³/mol. The first-order valence-corrected chi connectivity index (χ1v) is 3.85. The Kier molecular flexibility index (Phi) is 1.47. The molecule has 0 aromatic heterocycles. The Morgan fingerprint density at radius 2 is 1.92 bits per heavy atom. The molecule has 1 aliphatic rings. The van der Waals surface area contributed by atoms with E-state index in [2.05, 4.69) is 6.58 Å². The number of benzene rings is 1. The molecule has 0 aliphatic carbocycles. The third-order valence-corrected chi connectivity index (χ3v) is 1.94. The first kappa shape index (κ1) is 7.10. The minimum Gasteiger partial charge on any atom is -0.285 e. The third kappa shape index (κ3) is 0.925. The predicted octanol–water partition coefficient (Wildman–Crippen LogP) is 1.94. The number of carbonyl (C=O) groups excluding carboxylic acids is 1. The highest BCUT2D eigenvalue weighted by Crippen LogP contribution is 2.28. The van der Waals surface area contributed by atoms with Crippen molar-refractivity contribution in [2.45, 2.75) is 6.42 Å². The van der Waals surface area contributed by atoms with Crippen LogP contribution < -0.4 is 4.90 Å². The molecule has 1 fully saturated rings. The summed E-state index contributed by atoms with van der Waals surface area (Å²) in [5, 5.41) is 0. The van der Waals surface area contributed by atoms with E-state index in [4.69, 9.17) is 0 Å². The number of amides is 1. The van der Waals surface area contributed by atoms with Crippen LogP contribution in [0.3, 0.4) is 0 Å². The SMILES string of the molecule is C=C1CC(=O)N1c1ccccc1. The van der Waals surface area contributed by atoms with Gasteiger partial charge in [-0.05, 0) is 12.1 Å². The fourth-order valence-corrected chi connectivity index (χ4v) is 1.32. The molecule has 0 bridgehead atoms. The molecule has 0 atom stereocenters. The van der Waals surface area contributed by atoms with E-state index < -0.39 is 0 Å². The maximum Gasteiger partial charge on any atom is 0.237 e. The molecule has 0 spiro atoms. The van der Waals surface area contributed by atoms with Crippen LogP contribution in [-0.2, 0) is 4.79 Å². The smallest absolute Gasteiger partial charge is 0.237 e. The zero-order valence-corrected chi connectivity index (χ0v) is 6.66. The van der Waals surface area contributed by atoms with Gasteiger partial charge in [0.2, 0.25) is 5.91 Å². The number of nitrogens with zero attached hydrogens (tertiary/aromatic N) is 1. The minimum absolute atomic E-state index is 0.131. The summed E-state index contributed by atoms with van der Waals surface area (Å²) in [6, 6.07) is 9.56. The van der Waals surface area contributed by atoms with Crippen molar-refractivity contribution in [2.24, 2.45) is 0 Å². The zero-order valence-electron chi connectivity index (χ0n) is 6.66. The molecule has 2 rings (SSSR count). The number of hydrogen-bond donors (Lipinski definition) is 0. The average molecular weight is 159 g/mol. The van der Waals surface area contributed by atoms with Crippen LogP contribution >= 0.6 is 0 Å². The number of hydrogen-bond acceptors (Lipinski definition) is 1.